The fourth-order valence-corrected chi connectivity index (χ4v) is 3.90. The number of piperidine rings is 1. The number of nitro groups is 1. The van der Waals surface area contributed by atoms with Crippen LogP contribution < -0.4 is 5.32 Å². The molecule has 108 valence electrons. The third kappa shape index (κ3) is 2.67. The molecule has 2 atom stereocenters. The Labute approximate surface area is 126 Å². The maximum Gasteiger partial charge on any atom is 0.283 e. The van der Waals surface area contributed by atoms with Gasteiger partial charge in [-0.15, -0.1) is 0 Å². The molecule has 5 nitrogen and oxygen atoms in total. The predicted octanol–water partition coefficient (Wildman–Crippen LogP) is 3.40. The molecule has 2 saturated heterocycles. The molecule has 1 N–H and O–H groups in total. The number of hydrogen-bond acceptors (Lipinski definition) is 4. The van der Waals surface area contributed by atoms with Crippen LogP contribution in [-0.2, 0) is 0 Å². The van der Waals surface area contributed by atoms with Crippen molar-refractivity contribution in [1.82, 2.24) is 4.90 Å². The van der Waals surface area contributed by atoms with Crippen LogP contribution in [0.2, 0.25) is 0 Å². The Hall–Kier alpha value is -1.14. The van der Waals surface area contributed by atoms with E-state index in [-0.39, 0.29) is 10.6 Å². The standard InChI is InChI=1S/C14H18BrN3O2/c15-11-9-10(4-5-13(11)18(19)20)16-12-6-8-17-7-2-1-3-14(12)17/h4-5,9,12,14,16H,1-3,6-8H2. The summed E-state index contributed by atoms with van der Waals surface area (Å²) in [5.41, 5.74) is 1.07. The first kappa shape index (κ1) is 13.8. The summed E-state index contributed by atoms with van der Waals surface area (Å²) in [6.45, 7) is 2.38. The average Bonchev–Trinajstić information content (AvgIpc) is 2.82. The second-order valence-corrected chi connectivity index (χ2v) is 6.42. The molecule has 2 aliphatic rings. The quantitative estimate of drug-likeness (QED) is 0.677. The zero-order chi connectivity index (χ0) is 14.1. The van der Waals surface area contributed by atoms with Crippen LogP contribution >= 0.6 is 15.9 Å². The minimum Gasteiger partial charge on any atom is -0.381 e. The Kier molecular flexibility index (Phi) is 3.94. The van der Waals surface area contributed by atoms with Gasteiger partial charge in [0.15, 0.2) is 0 Å². The van der Waals surface area contributed by atoms with Gasteiger partial charge in [0.2, 0.25) is 0 Å². The minimum absolute atomic E-state index is 0.112. The monoisotopic (exact) mass is 339 g/mol. The van der Waals surface area contributed by atoms with Crippen LogP contribution in [0.5, 0.6) is 0 Å². The van der Waals surface area contributed by atoms with Crippen molar-refractivity contribution in [2.75, 3.05) is 18.4 Å². The molecule has 1 aromatic rings. The minimum atomic E-state index is -0.369. The molecule has 2 aliphatic heterocycles. The molecule has 0 amide bonds. The number of nitrogens with zero attached hydrogens (tertiary/aromatic N) is 2. The van der Waals surface area contributed by atoms with E-state index >= 15 is 0 Å². The van der Waals surface area contributed by atoms with Crippen molar-refractivity contribution in [3.05, 3.63) is 32.8 Å². The normalized spacial score (nSPS) is 26.2. The Morgan fingerprint density at radius 3 is 2.90 bits per heavy atom. The number of nitro benzene ring substituents is 1. The molecule has 0 aliphatic carbocycles. The van der Waals surface area contributed by atoms with Gasteiger partial charge in [-0.2, -0.15) is 0 Å². The van der Waals surface area contributed by atoms with Gasteiger partial charge in [-0.3, -0.25) is 15.0 Å². The van der Waals surface area contributed by atoms with Crippen LogP contribution in [0, 0.1) is 10.1 Å². The van der Waals surface area contributed by atoms with Gasteiger partial charge in [0, 0.05) is 30.4 Å². The van der Waals surface area contributed by atoms with Crippen molar-refractivity contribution >= 4 is 27.3 Å². The Balaban J connectivity index is 1.72. The topological polar surface area (TPSA) is 58.4 Å². The zero-order valence-electron chi connectivity index (χ0n) is 11.2. The molecule has 0 bridgehead atoms. The predicted molar refractivity (Wildman–Crippen MR) is 82.0 cm³/mol. The fraction of sp³-hybridized carbons (Fsp3) is 0.571. The first-order chi connectivity index (χ1) is 9.65. The maximum atomic E-state index is 10.8. The summed E-state index contributed by atoms with van der Waals surface area (Å²) in [6.07, 6.45) is 5.03. The molecule has 20 heavy (non-hydrogen) atoms. The van der Waals surface area contributed by atoms with Crippen LogP contribution in [0.3, 0.4) is 0 Å². The van der Waals surface area contributed by atoms with Gasteiger partial charge >= 0.3 is 0 Å². The molecule has 1 aromatic carbocycles. The Morgan fingerprint density at radius 2 is 2.15 bits per heavy atom. The third-order valence-corrected chi connectivity index (χ3v) is 4.99. The van der Waals surface area contributed by atoms with E-state index in [1.807, 2.05) is 6.07 Å². The molecule has 2 heterocycles. The van der Waals surface area contributed by atoms with Crippen LogP contribution in [0.4, 0.5) is 11.4 Å². The number of benzene rings is 1. The van der Waals surface area contributed by atoms with Crippen LogP contribution in [0.25, 0.3) is 0 Å². The molecule has 3 rings (SSSR count). The van der Waals surface area contributed by atoms with Gasteiger partial charge in [-0.1, -0.05) is 6.42 Å². The molecule has 0 aromatic heterocycles. The van der Waals surface area contributed by atoms with E-state index in [1.165, 1.54) is 25.8 Å². The summed E-state index contributed by atoms with van der Waals surface area (Å²) in [4.78, 5) is 13.0. The van der Waals surface area contributed by atoms with Crippen molar-refractivity contribution in [3.8, 4) is 0 Å². The maximum absolute atomic E-state index is 10.8. The number of halogens is 1. The molecular formula is C14H18BrN3O2. The van der Waals surface area contributed by atoms with Crippen LogP contribution in [0.1, 0.15) is 25.7 Å². The SMILES string of the molecule is O=[N+]([O-])c1ccc(NC2CCN3CCCCC23)cc1Br. The Bertz CT molecular complexity index is 523. The Morgan fingerprint density at radius 1 is 1.30 bits per heavy atom. The van der Waals surface area contributed by atoms with Gasteiger partial charge in [0.25, 0.3) is 5.69 Å². The highest BCUT2D eigenvalue weighted by Gasteiger charge is 2.35. The lowest BCUT2D eigenvalue weighted by molar-refractivity contribution is -0.385. The molecule has 2 fully saturated rings. The van der Waals surface area contributed by atoms with Gasteiger partial charge < -0.3 is 5.32 Å². The van der Waals surface area contributed by atoms with Gasteiger partial charge in [-0.25, -0.2) is 0 Å². The van der Waals surface area contributed by atoms with E-state index in [0.29, 0.717) is 16.6 Å². The van der Waals surface area contributed by atoms with E-state index in [9.17, 15) is 10.1 Å². The lowest BCUT2D eigenvalue weighted by Gasteiger charge is -2.33. The highest BCUT2D eigenvalue weighted by Crippen LogP contribution is 2.32. The van der Waals surface area contributed by atoms with E-state index in [1.54, 1.807) is 12.1 Å². The first-order valence-electron chi connectivity index (χ1n) is 7.09. The van der Waals surface area contributed by atoms with Gasteiger partial charge in [0.05, 0.1) is 9.40 Å². The van der Waals surface area contributed by atoms with Crippen molar-refractivity contribution in [1.29, 1.82) is 0 Å². The highest BCUT2D eigenvalue weighted by molar-refractivity contribution is 9.10. The number of nitrogens with one attached hydrogen (secondary N) is 1. The van der Waals surface area contributed by atoms with Crippen molar-refractivity contribution in [3.63, 3.8) is 0 Å². The second kappa shape index (κ2) is 5.69. The van der Waals surface area contributed by atoms with Crippen molar-refractivity contribution in [2.45, 2.75) is 37.8 Å². The first-order valence-corrected chi connectivity index (χ1v) is 7.89. The molecule has 0 radical (unpaired) electrons. The number of anilines is 1. The summed E-state index contributed by atoms with van der Waals surface area (Å²) >= 11 is 3.27. The van der Waals surface area contributed by atoms with E-state index in [4.69, 9.17) is 0 Å². The fourth-order valence-electron chi connectivity index (χ4n) is 3.37. The van der Waals surface area contributed by atoms with Crippen LogP contribution in [-0.4, -0.2) is 35.0 Å². The second-order valence-electron chi connectivity index (χ2n) is 5.56. The van der Waals surface area contributed by atoms with Crippen LogP contribution in [0.15, 0.2) is 22.7 Å². The lowest BCUT2D eigenvalue weighted by Crippen LogP contribution is -2.41. The molecule has 0 saturated carbocycles. The average molecular weight is 340 g/mol. The largest absolute Gasteiger partial charge is 0.381 e. The molecule has 6 heteroatoms. The number of rotatable bonds is 3. The molecule has 2 unspecified atom stereocenters. The summed E-state index contributed by atoms with van der Waals surface area (Å²) in [5.74, 6) is 0. The van der Waals surface area contributed by atoms with Gasteiger partial charge in [0.1, 0.15) is 0 Å². The summed E-state index contributed by atoms with van der Waals surface area (Å²) in [7, 11) is 0. The molecular weight excluding hydrogens is 322 g/mol. The number of fused-ring (bicyclic) bond motifs is 1. The molecule has 0 spiro atoms. The van der Waals surface area contributed by atoms with Crippen molar-refractivity contribution in [2.24, 2.45) is 0 Å². The third-order valence-electron chi connectivity index (χ3n) is 4.35. The highest BCUT2D eigenvalue weighted by atomic mass is 79.9. The van der Waals surface area contributed by atoms with E-state index in [0.717, 1.165) is 18.7 Å². The van der Waals surface area contributed by atoms with E-state index < -0.39 is 0 Å². The lowest BCUT2D eigenvalue weighted by atomic mass is 9.99. The van der Waals surface area contributed by atoms with E-state index in [2.05, 4.69) is 26.1 Å². The smallest absolute Gasteiger partial charge is 0.283 e. The van der Waals surface area contributed by atoms with Gasteiger partial charge in [-0.05, 0) is 53.9 Å². The summed E-state index contributed by atoms with van der Waals surface area (Å²) < 4.78 is 0.533. The zero-order valence-corrected chi connectivity index (χ0v) is 12.8. The number of hydrogen-bond donors (Lipinski definition) is 1. The van der Waals surface area contributed by atoms with Crippen molar-refractivity contribution < 1.29 is 4.92 Å². The summed E-state index contributed by atoms with van der Waals surface area (Å²) in [6, 6.07) is 6.25. The summed E-state index contributed by atoms with van der Waals surface area (Å²) in [5, 5.41) is 14.4.